The highest BCUT2D eigenvalue weighted by Gasteiger charge is 2.15. The molecule has 0 radical (unpaired) electrons. The Kier molecular flexibility index (Phi) is 4.52. The Hall–Kier alpha value is -0.180. The second-order valence-corrected chi connectivity index (χ2v) is 5.19. The summed E-state index contributed by atoms with van der Waals surface area (Å²) >= 11 is 0. The number of carboxylic acids is 1. The van der Waals surface area contributed by atoms with Crippen molar-refractivity contribution in [1.82, 2.24) is 0 Å². The largest absolute Gasteiger partial charge is 0.481 e. The molecule has 1 N–H and O–H groups in total. The van der Waals surface area contributed by atoms with Crippen molar-refractivity contribution in [2.24, 2.45) is 0 Å². The summed E-state index contributed by atoms with van der Waals surface area (Å²) in [6.45, 7) is 2.10. The third-order valence-electron chi connectivity index (χ3n) is 1.57. The monoisotopic (exact) mass is 163 g/mol. The zero-order valence-electron chi connectivity index (χ0n) is 6.76. The van der Waals surface area contributed by atoms with E-state index in [1.807, 2.05) is 0 Å². The van der Waals surface area contributed by atoms with Gasteiger partial charge in [0, 0.05) is 6.42 Å². The maximum absolute atomic E-state index is 10.1. The molecule has 0 saturated heterocycles. The first-order chi connectivity index (χ1) is 4.54. The van der Waals surface area contributed by atoms with Gasteiger partial charge in [-0.25, -0.2) is 0 Å². The molecule has 0 spiro atoms. The Balaban J connectivity index is 3.39. The van der Waals surface area contributed by atoms with Crippen LogP contribution in [0.4, 0.5) is 0 Å². The van der Waals surface area contributed by atoms with Gasteiger partial charge in [-0.3, -0.25) is 4.79 Å². The molecule has 3 heteroatoms. The van der Waals surface area contributed by atoms with Crippen LogP contribution in [0.25, 0.3) is 0 Å². The van der Waals surface area contributed by atoms with E-state index >= 15 is 0 Å². The van der Waals surface area contributed by atoms with Gasteiger partial charge in [-0.15, -0.1) is 0 Å². The smallest absolute Gasteiger partial charge is 0.303 e. The summed E-state index contributed by atoms with van der Waals surface area (Å²) in [7, 11) is 0.360. The van der Waals surface area contributed by atoms with Gasteiger partial charge >= 0.3 is 5.97 Å². The van der Waals surface area contributed by atoms with Crippen molar-refractivity contribution in [1.29, 1.82) is 0 Å². The summed E-state index contributed by atoms with van der Waals surface area (Å²) in [5.74, 6) is -0.683. The highest BCUT2D eigenvalue weighted by atomic mass is 32.2. The van der Waals surface area contributed by atoms with Gasteiger partial charge in [0.2, 0.25) is 0 Å². The number of hydrogen-bond donors (Lipinski definition) is 1. The van der Waals surface area contributed by atoms with Crippen molar-refractivity contribution < 1.29 is 9.90 Å². The van der Waals surface area contributed by atoms with Crippen molar-refractivity contribution in [3.8, 4) is 0 Å². The summed E-state index contributed by atoms with van der Waals surface area (Å²) in [6, 6.07) is 0. The lowest BCUT2D eigenvalue weighted by molar-refractivity contribution is -0.137. The summed E-state index contributed by atoms with van der Waals surface area (Å²) in [5, 5.41) is 8.90. The first-order valence-corrected chi connectivity index (χ1v) is 5.42. The third kappa shape index (κ3) is 4.68. The molecule has 0 bridgehead atoms. The maximum Gasteiger partial charge on any atom is 0.303 e. The molecule has 0 aromatic carbocycles. The summed E-state index contributed by atoms with van der Waals surface area (Å²) < 4.78 is 0. The van der Waals surface area contributed by atoms with Gasteiger partial charge in [-0.2, -0.15) is 0 Å². The van der Waals surface area contributed by atoms with Crippen LogP contribution in [0, 0.1) is 0 Å². The van der Waals surface area contributed by atoms with Gasteiger partial charge in [-0.1, -0.05) is 0 Å². The van der Waals surface area contributed by atoms with E-state index in [1.54, 1.807) is 0 Å². The fourth-order valence-corrected chi connectivity index (χ4v) is 1.15. The van der Waals surface area contributed by atoms with Crippen LogP contribution < -0.4 is 0 Å². The Labute approximate surface area is 65.0 Å². The van der Waals surface area contributed by atoms with Crippen LogP contribution in [0.3, 0.4) is 0 Å². The van der Waals surface area contributed by atoms with E-state index in [0.29, 0.717) is 22.6 Å². The SMILES string of the molecule is CC(CCC(=O)O)[S+](C)C. The zero-order chi connectivity index (χ0) is 8.15. The first kappa shape index (κ1) is 9.82. The molecule has 10 heavy (non-hydrogen) atoms. The molecule has 0 aliphatic heterocycles. The fourth-order valence-electron chi connectivity index (χ4n) is 0.562. The predicted octanol–water partition coefficient (Wildman–Crippen LogP) is 1.12. The molecule has 0 amide bonds. The van der Waals surface area contributed by atoms with E-state index in [4.69, 9.17) is 5.11 Å². The lowest BCUT2D eigenvalue weighted by atomic mass is 10.2. The van der Waals surface area contributed by atoms with Crippen LogP contribution in [0.5, 0.6) is 0 Å². The molecule has 0 fully saturated rings. The molecule has 2 nitrogen and oxygen atoms in total. The fraction of sp³-hybridized carbons (Fsp3) is 0.857. The lowest BCUT2D eigenvalue weighted by Gasteiger charge is -2.04. The van der Waals surface area contributed by atoms with Crippen LogP contribution in [0.2, 0.25) is 0 Å². The topological polar surface area (TPSA) is 37.3 Å². The minimum Gasteiger partial charge on any atom is -0.481 e. The molecule has 0 aromatic rings. The Morgan fingerprint density at radius 3 is 2.40 bits per heavy atom. The highest BCUT2D eigenvalue weighted by Crippen LogP contribution is 2.06. The van der Waals surface area contributed by atoms with Crippen LogP contribution in [-0.2, 0) is 15.7 Å². The molecular formula is C7H15O2S+. The quantitative estimate of drug-likeness (QED) is 0.630. The summed E-state index contributed by atoms with van der Waals surface area (Å²) in [6.07, 6.45) is 5.41. The minimum absolute atomic E-state index is 0.312. The minimum atomic E-state index is -0.683. The van der Waals surface area contributed by atoms with Gasteiger partial charge in [-0.05, 0) is 17.8 Å². The van der Waals surface area contributed by atoms with Crippen molar-refractivity contribution in [2.75, 3.05) is 12.5 Å². The van der Waals surface area contributed by atoms with Gasteiger partial charge in [0.15, 0.2) is 0 Å². The van der Waals surface area contributed by atoms with E-state index < -0.39 is 5.97 Å². The van der Waals surface area contributed by atoms with Crippen LogP contribution in [0.15, 0.2) is 0 Å². The molecule has 0 aromatic heterocycles. The predicted molar refractivity (Wildman–Crippen MR) is 45.5 cm³/mol. The van der Waals surface area contributed by atoms with Gasteiger partial charge in [0.05, 0.1) is 18.9 Å². The van der Waals surface area contributed by atoms with E-state index in [1.165, 1.54) is 0 Å². The molecule has 0 heterocycles. The Morgan fingerprint density at radius 1 is 1.60 bits per heavy atom. The molecule has 0 aliphatic carbocycles. The van der Waals surface area contributed by atoms with Crippen LogP contribution in [-0.4, -0.2) is 28.8 Å². The van der Waals surface area contributed by atoms with Gasteiger partial charge in [0.1, 0.15) is 5.25 Å². The normalized spacial score (nSPS) is 13.6. The molecular weight excluding hydrogens is 148 g/mol. The third-order valence-corrected chi connectivity index (χ3v) is 3.41. The number of aliphatic carboxylic acids is 1. The summed E-state index contributed by atoms with van der Waals surface area (Å²) in [5.41, 5.74) is 0. The molecule has 1 atom stereocenters. The van der Waals surface area contributed by atoms with Gasteiger partial charge in [0.25, 0.3) is 0 Å². The number of hydrogen-bond acceptors (Lipinski definition) is 1. The first-order valence-electron chi connectivity index (χ1n) is 3.32. The van der Waals surface area contributed by atoms with Crippen molar-refractivity contribution in [3.05, 3.63) is 0 Å². The van der Waals surface area contributed by atoms with E-state index in [0.717, 1.165) is 6.42 Å². The van der Waals surface area contributed by atoms with Crippen molar-refractivity contribution in [3.63, 3.8) is 0 Å². The van der Waals surface area contributed by atoms with E-state index in [-0.39, 0.29) is 0 Å². The molecule has 0 aliphatic rings. The number of rotatable bonds is 4. The summed E-state index contributed by atoms with van der Waals surface area (Å²) in [4.78, 5) is 10.1. The highest BCUT2D eigenvalue weighted by molar-refractivity contribution is 7.96. The van der Waals surface area contributed by atoms with Crippen molar-refractivity contribution in [2.45, 2.75) is 25.0 Å². The zero-order valence-corrected chi connectivity index (χ0v) is 7.57. The van der Waals surface area contributed by atoms with E-state index in [2.05, 4.69) is 19.4 Å². The van der Waals surface area contributed by atoms with E-state index in [9.17, 15) is 4.79 Å². The molecule has 60 valence electrons. The molecule has 0 rings (SSSR count). The number of carbonyl (C=O) groups is 1. The van der Waals surface area contributed by atoms with Crippen molar-refractivity contribution >= 4 is 16.9 Å². The second kappa shape index (κ2) is 4.61. The Bertz CT molecular complexity index is 112. The van der Waals surface area contributed by atoms with Crippen LogP contribution in [0.1, 0.15) is 19.8 Å². The Morgan fingerprint density at radius 2 is 2.10 bits per heavy atom. The number of carboxylic acid groups (broad SMARTS) is 1. The van der Waals surface area contributed by atoms with Crippen LogP contribution >= 0.6 is 0 Å². The average Bonchev–Trinajstić information content (AvgIpc) is 1.82. The maximum atomic E-state index is 10.1. The van der Waals surface area contributed by atoms with Gasteiger partial charge < -0.3 is 5.11 Å². The second-order valence-electron chi connectivity index (χ2n) is 2.62. The standard InChI is InChI=1S/C7H14O2S/c1-6(10(2)3)4-5-7(8)9/h6H,4-5H2,1-3H3/p+1. The lowest BCUT2D eigenvalue weighted by Crippen LogP contribution is -2.16. The molecule has 0 saturated carbocycles. The average molecular weight is 163 g/mol. The molecule has 1 unspecified atom stereocenters.